The Kier molecular flexibility index (Phi) is 1.89. The second-order valence-corrected chi connectivity index (χ2v) is 2.60. The lowest BCUT2D eigenvalue weighted by molar-refractivity contribution is -0.124. The number of carbonyl (C=O) groups is 1. The van der Waals surface area contributed by atoms with E-state index in [1.807, 2.05) is 13.8 Å². The van der Waals surface area contributed by atoms with Crippen LogP contribution in [0.4, 0.5) is 0 Å². The molecule has 1 amide bonds. The summed E-state index contributed by atoms with van der Waals surface area (Å²) in [6.07, 6.45) is 1.51. The van der Waals surface area contributed by atoms with Crippen LogP contribution in [0, 0.1) is 5.92 Å². The third kappa shape index (κ3) is 1.26. The van der Waals surface area contributed by atoms with Crippen LogP contribution in [0.25, 0.3) is 0 Å². The van der Waals surface area contributed by atoms with Crippen molar-refractivity contribution in [2.45, 2.75) is 19.9 Å². The van der Waals surface area contributed by atoms with E-state index in [1.54, 1.807) is 0 Å². The van der Waals surface area contributed by atoms with Gasteiger partial charge in [-0.2, -0.15) is 0 Å². The molecule has 0 aromatic carbocycles. The number of carbonyl (C=O) groups excluding carboxylic acids is 1. The van der Waals surface area contributed by atoms with E-state index in [0.29, 0.717) is 0 Å². The Hall–Kier alpha value is -1.06. The molecular weight excluding hydrogens is 130 g/mol. The first-order valence-electron chi connectivity index (χ1n) is 3.29. The van der Waals surface area contributed by atoms with Crippen molar-refractivity contribution in [3.63, 3.8) is 0 Å². The molecule has 0 aliphatic carbocycles. The van der Waals surface area contributed by atoms with Gasteiger partial charge in [0.2, 0.25) is 0 Å². The van der Waals surface area contributed by atoms with Gasteiger partial charge < -0.3 is 0 Å². The average molecular weight is 141 g/mol. The summed E-state index contributed by atoms with van der Waals surface area (Å²) in [6.45, 7) is 3.93. The van der Waals surface area contributed by atoms with Crippen LogP contribution in [-0.2, 0) is 4.79 Å². The minimum atomic E-state index is -0.221. The zero-order chi connectivity index (χ0) is 7.56. The summed E-state index contributed by atoms with van der Waals surface area (Å²) in [4.78, 5) is 14.9. The molecule has 0 bridgehead atoms. The predicted molar refractivity (Wildman–Crippen MR) is 38.4 cm³/mol. The fourth-order valence-electron chi connectivity index (χ4n) is 0.837. The smallest absolute Gasteiger partial charge is 0.263 e. The molecule has 4 nitrogen and oxygen atoms in total. The maximum Gasteiger partial charge on any atom is 0.263 e. The summed E-state index contributed by atoms with van der Waals surface area (Å²) in [5.41, 5.74) is 5.00. The fraction of sp³-hybridized carbons (Fsp3) is 0.667. The van der Waals surface area contributed by atoms with Gasteiger partial charge in [0.1, 0.15) is 12.4 Å². The molecule has 0 saturated carbocycles. The van der Waals surface area contributed by atoms with Crippen LogP contribution in [-0.4, -0.2) is 18.3 Å². The number of nitrogens with zero attached hydrogens (tertiary/aromatic N) is 1. The minimum Gasteiger partial charge on any atom is -0.288 e. The lowest BCUT2D eigenvalue weighted by Crippen LogP contribution is -2.48. The highest BCUT2D eigenvalue weighted by Gasteiger charge is 2.22. The Labute approximate surface area is 59.7 Å². The Morgan fingerprint density at radius 1 is 1.70 bits per heavy atom. The van der Waals surface area contributed by atoms with E-state index in [2.05, 4.69) is 15.8 Å². The van der Waals surface area contributed by atoms with Crippen LogP contribution in [0.2, 0.25) is 0 Å². The largest absolute Gasteiger partial charge is 0.288 e. The van der Waals surface area contributed by atoms with Crippen molar-refractivity contribution in [3.8, 4) is 0 Å². The van der Waals surface area contributed by atoms with Gasteiger partial charge in [-0.3, -0.25) is 20.6 Å². The zero-order valence-electron chi connectivity index (χ0n) is 6.09. The number of rotatable bonds is 1. The zero-order valence-corrected chi connectivity index (χ0v) is 6.09. The van der Waals surface area contributed by atoms with Crippen molar-refractivity contribution in [1.29, 1.82) is 0 Å². The van der Waals surface area contributed by atoms with Crippen LogP contribution in [0.15, 0.2) is 4.99 Å². The van der Waals surface area contributed by atoms with E-state index in [-0.39, 0.29) is 17.9 Å². The van der Waals surface area contributed by atoms with E-state index >= 15 is 0 Å². The predicted octanol–water partition coefficient (Wildman–Crippen LogP) is -0.326. The summed E-state index contributed by atoms with van der Waals surface area (Å²) in [6, 6.07) is -0.221. The van der Waals surface area contributed by atoms with Crippen LogP contribution in [0.1, 0.15) is 13.8 Å². The number of hydrazine groups is 1. The first kappa shape index (κ1) is 7.05. The molecule has 1 heterocycles. The van der Waals surface area contributed by atoms with E-state index in [1.165, 1.54) is 6.34 Å². The molecule has 0 aromatic heterocycles. The Morgan fingerprint density at radius 2 is 2.40 bits per heavy atom. The van der Waals surface area contributed by atoms with E-state index in [4.69, 9.17) is 0 Å². The first-order valence-corrected chi connectivity index (χ1v) is 3.29. The highest BCUT2D eigenvalue weighted by atomic mass is 16.2. The number of nitrogens with one attached hydrogen (secondary N) is 2. The number of hydrogen-bond donors (Lipinski definition) is 2. The highest BCUT2D eigenvalue weighted by molar-refractivity contribution is 5.86. The van der Waals surface area contributed by atoms with Gasteiger partial charge in [-0.25, -0.2) is 0 Å². The summed E-state index contributed by atoms with van der Waals surface area (Å²) in [5.74, 6) is 0.204. The van der Waals surface area contributed by atoms with E-state index in [0.717, 1.165) is 0 Å². The molecule has 0 fully saturated rings. The van der Waals surface area contributed by atoms with Crippen molar-refractivity contribution in [2.75, 3.05) is 0 Å². The SMILES string of the molecule is CC(C)C1N=CNNC1=O. The lowest BCUT2D eigenvalue weighted by atomic mass is 10.0. The maximum absolute atomic E-state index is 10.9. The molecular formula is C6H11N3O. The molecule has 1 unspecified atom stereocenters. The van der Waals surface area contributed by atoms with Gasteiger partial charge in [0, 0.05) is 0 Å². The summed E-state index contributed by atoms with van der Waals surface area (Å²) >= 11 is 0. The Morgan fingerprint density at radius 3 is 2.80 bits per heavy atom. The molecule has 0 spiro atoms. The normalized spacial score (nSPS) is 24.3. The van der Waals surface area contributed by atoms with E-state index in [9.17, 15) is 4.79 Å². The molecule has 56 valence electrons. The highest BCUT2D eigenvalue weighted by Crippen LogP contribution is 2.06. The fourth-order valence-corrected chi connectivity index (χ4v) is 0.837. The maximum atomic E-state index is 10.9. The number of aliphatic imine (C=N–C) groups is 1. The quantitative estimate of drug-likeness (QED) is 0.525. The molecule has 10 heavy (non-hydrogen) atoms. The van der Waals surface area contributed by atoms with Gasteiger partial charge >= 0.3 is 0 Å². The molecule has 0 saturated heterocycles. The first-order chi connectivity index (χ1) is 4.72. The standard InChI is InChI=1S/C6H11N3O/c1-4(2)5-6(10)9-8-3-7-5/h3-5H,1-2H3,(H,7,8)(H,9,10). The average Bonchev–Trinajstić information content (AvgIpc) is 1.88. The Bertz CT molecular complexity index is 164. The van der Waals surface area contributed by atoms with E-state index < -0.39 is 0 Å². The lowest BCUT2D eigenvalue weighted by Gasteiger charge is -2.19. The van der Waals surface area contributed by atoms with Gasteiger partial charge in [-0.05, 0) is 5.92 Å². The van der Waals surface area contributed by atoms with Crippen molar-refractivity contribution in [2.24, 2.45) is 10.9 Å². The minimum absolute atomic E-state index is 0.0579. The van der Waals surface area contributed by atoms with Gasteiger partial charge in [0.05, 0.1) is 0 Å². The second-order valence-electron chi connectivity index (χ2n) is 2.60. The molecule has 1 atom stereocenters. The van der Waals surface area contributed by atoms with Crippen molar-refractivity contribution < 1.29 is 4.79 Å². The molecule has 1 aliphatic rings. The third-order valence-electron chi connectivity index (χ3n) is 1.40. The van der Waals surface area contributed by atoms with Gasteiger partial charge in [-0.1, -0.05) is 13.8 Å². The molecule has 1 rings (SSSR count). The summed E-state index contributed by atoms with van der Waals surface area (Å²) < 4.78 is 0. The van der Waals surface area contributed by atoms with Gasteiger partial charge in [0.25, 0.3) is 5.91 Å². The van der Waals surface area contributed by atoms with Crippen molar-refractivity contribution >= 4 is 12.2 Å². The van der Waals surface area contributed by atoms with Crippen LogP contribution >= 0.6 is 0 Å². The third-order valence-corrected chi connectivity index (χ3v) is 1.40. The Balaban J connectivity index is 2.64. The number of hydrogen-bond acceptors (Lipinski definition) is 3. The van der Waals surface area contributed by atoms with Crippen LogP contribution in [0.3, 0.4) is 0 Å². The topological polar surface area (TPSA) is 53.5 Å². The van der Waals surface area contributed by atoms with Crippen molar-refractivity contribution in [1.82, 2.24) is 10.9 Å². The number of amides is 1. The molecule has 1 aliphatic heterocycles. The molecule has 0 radical (unpaired) electrons. The summed E-state index contributed by atoms with van der Waals surface area (Å²) in [7, 11) is 0. The molecule has 4 heteroatoms. The molecule has 0 aromatic rings. The van der Waals surface area contributed by atoms with Gasteiger partial charge in [0.15, 0.2) is 0 Å². The second kappa shape index (κ2) is 2.68. The van der Waals surface area contributed by atoms with Gasteiger partial charge in [-0.15, -0.1) is 0 Å². The monoisotopic (exact) mass is 141 g/mol. The van der Waals surface area contributed by atoms with Crippen LogP contribution < -0.4 is 10.9 Å². The summed E-state index contributed by atoms with van der Waals surface area (Å²) in [5, 5.41) is 0. The molecule has 2 N–H and O–H groups in total. The van der Waals surface area contributed by atoms with Crippen LogP contribution in [0.5, 0.6) is 0 Å². The van der Waals surface area contributed by atoms with Crippen molar-refractivity contribution in [3.05, 3.63) is 0 Å².